The molecule has 36 heavy (non-hydrogen) atoms. The normalized spacial score (nSPS) is 13.6. The van der Waals surface area contributed by atoms with Crippen LogP contribution in [-0.2, 0) is 0 Å². The molecule has 1 fully saturated rings. The molecule has 1 amide bonds. The Morgan fingerprint density at radius 1 is 0.861 bits per heavy atom. The minimum Gasteiger partial charge on any atom is -0.366 e. The smallest absolute Gasteiger partial charge is 0.272 e. The SMILES string of the molecule is O=C(c1cc(-c2ccccc2F)nn1-c1cccc([N+](=O)[O-])c1)N1CCN(c2ccccc2F)CC1. The van der Waals surface area contributed by atoms with Gasteiger partial charge in [0, 0.05) is 43.9 Å². The number of nitrogens with zero attached hydrogens (tertiary/aromatic N) is 5. The maximum absolute atomic E-state index is 14.5. The second-order valence-corrected chi connectivity index (χ2v) is 8.31. The summed E-state index contributed by atoms with van der Waals surface area (Å²) in [5.41, 5.74) is 1.21. The molecule has 0 unspecified atom stereocenters. The molecule has 0 bridgehead atoms. The van der Waals surface area contributed by atoms with Gasteiger partial charge in [-0.15, -0.1) is 0 Å². The van der Waals surface area contributed by atoms with Crippen molar-refractivity contribution in [2.45, 2.75) is 0 Å². The van der Waals surface area contributed by atoms with Crippen molar-refractivity contribution in [3.05, 3.63) is 106 Å². The van der Waals surface area contributed by atoms with Gasteiger partial charge in [0.2, 0.25) is 0 Å². The third-order valence-corrected chi connectivity index (χ3v) is 6.12. The van der Waals surface area contributed by atoms with Gasteiger partial charge in [0.25, 0.3) is 11.6 Å². The van der Waals surface area contributed by atoms with E-state index in [0.717, 1.165) is 0 Å². The van der Waals surface area contributed by atoms with Crippen molar-refractivity contribution in [2.24, 2.45) is 0 Å². The lowest BCUT2D eigenvalue weighted by atomic mass is 10.1. The van der Waals surface area contributed by atoms with E-state index in [1.807, 2.05) is 4.90 Å². The van der Waals surface area contributed by atoms with E-state index in [9.17, 15) is 23.7 Å². The van der Waals surface area contributed by atoms with Crippen LogP contribution in [0.15, 0.2) is 78.9 Å². The number of amides is 1. The van der Waals surface area contributed by atoms with Gasteiger partial charge in [0.1, 0.15) is 17.3 Å². The molecule has 5 rings (SSSR count). The highest BCUT2D eigenvalue weighted by atomic mass is 19.1. The Bertz CT molecular complexity index is 1450. The van der Waals surface area contributed by atoms with Crippen molar-refractivity contribution in [3.8, 4) is 16.9 Å². The minimum atomic E-state index is -0.534. The van der Waals surface area contributed by atoms with Crippen molar-refractivity contribution >= 4 is 17.3 Å². The zero-order chi connectivity index (χ0) is 25.2. The van der Waals surface area contributed by atoms with Gasteiger partial charge in [-0.1, -0.05) is 30.3 Å². The Morgan fingerprint density at radius 2 is 1.56 bits per heavy atom. The zero-order valence-corrected chi connectivity index (χ0v) is 19.1. The number of benzene rings is 3. The highest BCUT2D eigenvalue weighted by Gasteiger charge is 2.28. The van der Waals surface area contributed by atoms with Crippen molar-refractivity contribution in [3.63, 3.8) is 0 Å². The Labute approximate surface area is 205 Å². The maximum Gasteiger partial charge on any atom is 0.272 e. The molecule has 10 heteroatoms. The number of para-hydroxylation sites is 1. The third-order valence-electron chi connectivity index (χ3n) is 6.12. The second kappa shape index (κ2) is 9.57. The molecule has 0 spiro atoms. The number of rotatable bonds is 5. The molecule has 2 heterocycles. The molecular weight excluding hydrogens is 468 g/mol. The van der Waals surface area contributed by atoms with Crippen LogP contribution in [0.5, 0.6) is 0 Å². The monoisotopic (exact) mass is 489 g/mol. The molecule has 182 valence electrons. The molecule has 0 saturated carbocycles. The number of hydrogen-bond donors (Lipinski definition) is 0. The second-order valence-electron chi connectivity index (χ2n) is 8.31. The van der Waals surface area contributed by atoms with E-state index < -0.39 is 10.7 Å². The molecule has 1 aliphatic heterocycles. The van der Waals surface area contributed by atoms with E-state index in [1.54, 1.807) is 47.4 Å². The van der Waals surface area contributed by atoms with Crippen LogP contribution < -0.4 is 4.90 Å². The Hall–Kier alpha value is -4.60. The summed E-state index contributed by atoms with van der Waals surface area (Å²) in [6.07, 6.45) is 0. The van der Waals surface area contributed by atoms with Crippen LogP contribution in [0, 0.1) is 21.7 Å². The average Bonchev–Trinajstić information content (AvgIpc) is 3.34. The summed E-state index contributed by atoms with van der Waals surface area (Å²) in [5.74, 6) is -1.18. The summed E-state index contributed by atoms with van der Waals surface area (Å²) in [5, 5.41) is 15.8. The van der Waals surface area contributed by atoms with Gasteiger partial charge in [-0.2, -0.15) is 5.10 Å². The first kappa shape index (κ1) is 23.2. The van der Waals surface area contributed by atoms with Crippen LogP contribution in [0.1, 0.15) is 10.5 Å². The number of anilines is 1. The van der Waals surface area contributed by atoms with Gasteiger partial charge in [0.05, 0.1) is 22.0 Å². The predicted molar refractivity (Wildman–Crippen MR) is 130 cm³/mol. The number of nitro groups is 1. The fourth-order valence-corrected chi connectivity index (χ4v) is 4.29. The number of nitro benzene ring substituents is 1. The standard InChI is InChI=1S/C26H21F2N5O3/c27-21-9-2-1-8-20(21)23-17-25(32(29-23)18-6-5-7-19(16-18)33(35)36)26(34)31-14-12-30(13-15-31)24-11-4-3-10-22(24)28/h1-11,16-17H,12-15H2. The Balaban J connectivity index is 1.48. The number of hydrogen-bond acceptors (Lipinski definition) is 5. The van der Waals surface area contributed by atoms with Crippen molar-refractivity contribution in [1.82, 2.24) is 14.7 Å². The first-order valence-corrected chi connectivity index (χ1v) is 11.3. The topological polar surface area (TPSA) is 84.5 Å². The van der Waals surface area contributed by atoms with E-state index in [0.29, 0.717) is 37.6 Å². The van der Waals surface area contributed by atoms with Crippen LogP contribution in [0.2, 0.25) is 0 Å². The Morgan fingerprint density at radius 3 is 2.25 bits per heavy atom. The van der Waals surface area contributed by atoms with E-state index in [2.05, 4.69) is 5.10 Å². The van der Waals surface area contributed by atoms with Crippen molar-refractivity contribution in [1.29, 1.82) is 0 Å². The zero-order valence-electron chi connectivity index (χ0n) is 19.1. The lowest BCUT2D eigenvalue weighted by molar-refractivity contribution is -0.384. The summed E-state index contributed by atoms with van der Waals surface area (Å²) < 4.78 is 30.0. The van der Waals surface area contributed by atoms with Crippen LogP contribution >= 0.6 is 0 Å². The third kappa shape index (κ3) is 4.40. The van der Waals surface area contributed by atoms with E-state index in [4.69, 9.17) is 0 Å². The van der Waals surface area contributed by atoms with Crippen LogP contribution in [-0.4, -0.2) is 51.7 Å². The largest absolute Gasteiger partial charge is 0.366 e. The van der Waals surface area contributed by atoms with Crippen LogP contribution in [0.25, 0.3) is 16.9 Å². The number of piperazine rings is 1. The quantitative estimate of drug-likeness (QED) is 0.300. The Kier molecular flexibility index (Phi) is 6.16. The van der Waals surface area contributed by atoms with E-state index >= 15 is 0 Å². The average molecular weight is 489 g/mol. The van der Waals surface area contributed by atoms with Gasteiger partial charge < -0.3 is 9.80 Å². The fraction of sp³-hybridized carbons (Fsp3) is 0.154. The van der Waals surface area contributed by atoms with Gasteiger partial charge in [-0.25, -0.2) is 13.5 Å². The summed E-state index contributed by atoms with van der Waals surface area (Å²) in [4.78, 5) is 27.9. The molecule has 0 atom stereocenters. The van der Waals surface area contributed by atoms with Crippen molar-refractivity contribution < 1.29 is 18.5 Å². The number of carbonyl (C=O) groups excluding carboxylic acids is 1. The number of non-ortho nitro benzene ring substituents is 1. The summed E-state index contributed by atoms with van der Waals surface area (Å²) in [6.45, 7) is 1.53. The molecule has 1 saturated heterocycles. The van der Waals surface area contributed by atoms with Crippen LogP contribution in [0.3, 0.4) is 0 Å². The molecule has 0 N–H and O–H groups in total. The van der Waals surface area contributed by atoms with Gasteiger partial charge >= 0.3 is 0 Å². The molecule has 0 radical (unpaired) electrons. The molecular formula is C26H21F2N5O3. The highest BCUT2D eigenvalue weighted by molar-refractivity contribution is 5.94. The number of aromatic nitrogens is 2. The summed E-state index contributed by atoms with van der Waals surface area (Å²) in [7, 11) is 0. The maximum atomic E-state index is 14.5. The first-order valence-electron chi connectivity index (χ1n) is 11.3. The molecule has 4 aromatic rings. The molecule has 1 aromatic heterocycles. The lowest BCUT2D eigenvalue weighted by Gasteiger charge is -2.36. The van der Waals surface area contributed by atoms with Gasteiger partial charge in [-0.3, -0.25) is 14.9 Å². The van der Waals surface area contributed by atoms with E-state index in [1.165, 1.54) is 41.1 Å². The molecule has 8 nitrogen and oxygen atoms in total. The van der Waals surface area contributed by atoms with Gasteiger partial charge in [0.15, 0.2) is 0 Å². The molecule has 1 aliphatic rings. The van der Waals surface area contributed by atoms with Gasteiger partial charge in [-0.05, 0) is 36.4 Å². The predicted octanol–water partition coefficient (Wildman–Crippen LogP) is 4.69. The van der Waals surface area contributed by atoms with Crippen LogP contribution in [0.4, 0.5) is 20.2 Å². The summed E-state index contributed by atoms with van der Waals surface area (Å²) in [6, 6.07) is 19.8. The molecule has 3 aromatic carbocycles. The number of carbonyl (C=O) groups is 1. The van der Waals surface area contributed by atoms with E-state index in [-0.39, 0.29) is 34.4 Å². The molecule has 0 aliphatic carbocycles. The van der Waals surface area contributed by atoms with Crippen molar-refractivity contribution in [2.75, 3.05) is 31.1 Å². The fourth-order valence-electron chi connectivity index (χ4n) is 4.29. The summed E-state index contributed by atoms with van der Waals surface area (Å²) >= 11 is 0. The lowest BCUT2D eigenvalue weighted by Crippen LogP contribution is -2.49. The highest BCUT2D eigenvalue weighted by Crippen LogP contribution is 2.27. The minimum absolute atomic E-state index is 0.146. The first-order chi connectivity index (χ1) is 17.4. The number of halogens is 2.